The summed E-state index contributed by atoms with van der Waals surface area (Å²) in [4.78, 5) is 25.7. The van der Waals surface area contributed by atoms with E-state index in [2.05, 4.69) is 0 Å². The minimum absolute atomic E-state index is 0.0402. The molecule has 152 valence electrons. The molecule has 0 spiro atoms. The number of esters is 1. The first-order valence-corrected chi connectivity index (χ1v) is 9.57. The lowest BCUT2D eigenvalue weighted by atomic mass is 10.0. The molecule has 2 heterocycles. The third-order valence-electron chi connectivity index (χ3n) is 5.21. The zero-order valence-electron chi connectivity index (χ0n) is 16.4. The number of fused-ring (bicyclic) bond motifs is 1. The smallest absolute Gasteiger partial charge is 0.410 e. The van der Waals surface area contributed by atoms with Crippen LogP contribution in [0.5, 0.6) is 11.5 Å². The van der Waals surface area contributed by atoms with Gasteiger partial charge in [-0.2, -0.15) is 0 Å². The SMILES string of the molecule is COC(=O)C1COc2cc(C[C@@H](C)N3CC(c4ccccc4)OC3=O)ccc2O1. The molecule has 0 radical (unpaired) electrons. The molecule has 2 unspecified atom stereocenters. The first kappa shape index (κ1) is 19.1. The number of rotatable bonds is 5. The number of carbonyl (C=O) groups excluding carboxylic acids is 2. The number of ether oxygens (including phenoxy) is 4. The number of hydrogen-bond donors (Lipinski definition) is 0. The summed E-state index contributed by atoms with van der Waals surface area (Å²) < 4.78 is 21.6. The van der Waals surface area contributed by atoms with Gasteiger partial charge < -0.3 is 23.8 Å². The van der Waals surface area contributed by atoms with Crippen molar-refractivity contribution >= 4 is 12.1 Å². The van der Waals surface area contributed by atoms with E-state index in [0.717, 1.165) is 11.1 Å². The van der Waals surface area contributed by atoms with Crippen molar-refractivity contribution in [3.05, 3.63) is 59.7 Å². The van der Waals surface area contributed by atoms with Crippen molar-refractivity contribution in [3.63, 3.8) is 0 Å². The summed E-state index contributed by atoms with van der Waals surface area (Å²) in [6, 6.07) is 15.3. The van der Waals surface area contributed by atoms with Crippen molar-refractivity contribution in [2.45, 2.75) is 31.6 Å². The van der Waals surface area contributed by atoms with Crippen LogP contribution in [0.1, 0.15) is 24.2 Å². The van der Waals surface area contributed by atoms with Gasteiger partial charge in [-0.3, -0.25) is 0 Å². The maximum Gasteiger partial charge on any atom is 0.410 e. The van der Waals surface area contributed by atoms with Crippen molar-refractivity contribution < 1.29 is 28.5 Å². The zero-order valence-corrected chi connectivity index (χ0v) is 16.4. The number of nitrogens with zero attached hydrogens (tertiary/aromatic N) is 1. The van der Waals surface area contributed by atoms with Crippen LogP contribution in [-0.4, -0.2) is 49.4 Å². The number of carbonyl (C=O) groups is 2. The van der Waals surface area contributed by atoms with Gasteiger partial charge in [0.05, 0.1) is 13.7 Å². The Labute approximate surface area is 169 Å². The third-order valence-corrected chi connectivity index (χ3v) is 5.21. The van der Waals surface area contributed by atoms with Crippen LogP contribution < -0.4 is 9.47 Å². The van der Waals surface area contributed by atoms with Gasteiger partial charge in [0.1, 0.15) is 12.7 Å². The Kier molecular flexibility index (Phi) is 5.29. The van der Waals surface area contributed by atoms with E-state index in [0.29, 0.717) is 24.5 Å². The van der Waals surface area contributed by atoms with Crippen LogP contribution in [-0.2, 0) is 20.7 Å². The number of methoxy groups -OCH3 is 1. The molecule has 7 nitrogen and oxygen atoms in total. The Morgan fingerprint density at radius 3 is 2.72 bits per heavy atom. The van der Waals surface area contributed by atoms with Crippen molar-refractivity contribution in [2.24, 2.45) is 0 Å². The monoisotopic (exact) mass is 397 g/mol. The molecule has 7 heteroatoms. The van der Waals surface area contributed by atoms with Gasteiger partial charge in [0, 0.05) is 6.04 Å². The summed E-state index contributed by atoms with van der Waals surface area (Å²) in [5.41, 5.74) is 2.00. The van der Waals surface area contributed by atoms with Crippen molar-refractivity contribution in [1.82, 2.24) is 4.90 Å². The molecule has 4 rings (SSSR count). The Hall–Kier alpha value is -3.22. The van der Waals surface area contributed by atoms with Gasteiger partial charge in [-0.1, -0.05) is 36.4 Å². The van der Waals surface area contributed by atoms with Crippen LogP contribution >= 0.6 is 0 Å². The van der Waals surface area contributed by atoms with Gasteiger partial charge in [0.15, 0.2) is 11.5 Å². The fourth-order valence-corrected chi connectivity index (χ4v) is 3.62. The van der Waals surface area contributed by atoms with Gasteiger partial charge in [0.2, 0.25) is 6.10 Å². The molecule has 0 aromatic heterocycles. The molecule has 2 aromatic rings. The minimum atomic E-state index is -0.758. The lowest BCUT2D eigenvalue weighted by Crippen LogP contribution is -2.37. The van der Waals surface area contributed by atoms with E-state index in [-0.39, 0.29) is 24.8 Å². The van der Waals surface area contributed by atoms with Crippen LogP contribution in [0.2, 0.25) is 0 Å². The second-order valence-electron chi connectivity index (χ2n) is 7.21. The Balaban J connectivity index is 1.41. The van der Waals surface area contributed by atoms with E-state index in [1.807, 2.05) is 49.4 Å². The standard InChI is InChI=1S/C22H23NO6/c1-14(23-12-19(29-22(23)25)16-6-4-3-5-7-16)10-15-8-9-17-18(11-15)27-13-20(28-17)21(24)26-2/h3-9,11,14,19-20H,10,12-13H2,1-2H3/t14-,19?,20?/m1/s1. The van der Waals surface area contributed by atoms with Gasteiger partial charge in [0.25, 0.3) is 0 Å². The average molecular weight is 397 g/mol. The molecule has 1 amide bonds. The lowest BCUT2D eigenvalue weighted by molar-refractivity contribution is -0.151. The fraction of sp³-hybridized carbons (Fsp3) is 0.364. The van der Waals surface area contributed by atoms with E-state index >= 15 is 0 Å². The summed E-state index contributed by atoms with van der Waals surface area (Å²) in [5, 5.41) is 0. The molecule has 1 saturated heterocycles. The molecule has 29 heavy (non-hydrogen) atoms. The molecular weight excluding hydrogens is 374 g/mol. The molecule has 2 aliphatic heterocycles. The van der Waals surface area contributed by atoms with E-state index in [1.165, 1.54) is 7.11 Å². The number of benzene rings is 2. The maximum atomic E-state index is 12.4. The predicted octanol–water partition coefficient (Wildman–Crippen LogP) is 3.12. The van der Waals surface area contributed by atoms with Crippen LogP contribution in [0.3, 0.4) is 0 Å². The van der Waals surface area contributed by atoms with Gasteiger partial charge >= 0.3 is 12.1 Å². The second kappa shape index (κ2) is 8.03. The van der Waals surface area contributed by atoms with Crippen LogP contribution in [0.4, 0.5) is 4.79 Å². The predicted molar refractivity (Wildman–Crippen MR) is 104 cm³/mol. The average Bonchev–Trinajstić information content (AvgIpc) is 3.15. The third kappa shape index (κ3) is 3.99. The summed E-state index contributed by atoms with van der Waals surface area (Å²) >= 11 is 0. The normalized spacial score (nSPS) is 21.4. The highest BCUT2D eigenvalue weighted by Crippen LogP contribution is 2.34. The summed E-state index contributed by atoms with van der Waals surface area (Å²) in [5.74, 6) is 0.627. The van der Waals surface area contributed by atoms with Crippen molar-refractivity contribution in [3.8, 4) is 11.5 Å². The Morgan fingerprint density at radius 1 is 1.17 bits per heavy atom. The molecule has 0 saturated carbocycles. The molecule has 0 bridgehead atoms. The molecular formula is C22H23NO6. The zero-order chi connectivity index (χ0) is 20.4. The number of amides is 1. The van der Waals surface area contributed by atoms with Crippen molar-refractivity contribution in [2.75, 3.05) is 20.3 Å². The first-order chi connectivity index (χ1) is 14.0. The second-order valence-corrected chi connectivity index (χ2v) is 7.21. The van der Waals surface area contributed by atoms with Gasteiger partial charge in [-0.05, 0) is 36.6 Å². The van der Waals surface area contributed by atoms with Gasteiger partial charge in [-0.25, -0.2) is 9.59 Å². The van der Waals surface area contributed by atoms with E-state index in [1.54, 1.807) is 11.0 Å². The Bertz CT molecular complexity index is 899. The summed E-state index contributed by atoms with van der Waals surface area (Å²) in [7, 11) is 1.32. The highest BCUT2D eigenvalue weighted by atomic mass is 16.6. The number of hydrogen-bond acceptors (Lipinski definition) is 6. The van der Waals surface area contributed by atoms with Crippen LogP contribution in [0, 0.1) is 0 Å². The van der Waals surface area contributed by atoms with E-state index < -0.39 is 12.1 Å². The number of cyclic esters (lactones) is 1. The molecule has 2 aliphatic rings. The first-order valence-electron chi connectivity index (χ1n) is 9.57. The van der Waals surface area contributed by atoms with Gasteiger partial charge in [-0.15, -0.1) is 0 Å². The highest BCUT2D eigenvalue weighted by molar-refractivity contribution is 5.75. The molecule has 2 aromatic carbocycles. The van der Waals surface area contributed by atoms with E-state index in [4.69, 9.17) is 18.9 Å². The molecule has 0 aliphatic carbocycles. The molecule has 3 atom stereocenters. The van der Waals surface area contributed by atoms with Crippen LogP contribution in [0.25, 0.3) is 0 Å². The quantitative estimate of drug-likeness (QED) is 0.722. The summed E-state index contributed by atoms with van der Waals surface area (Å²) in [6.45, 7) is 2.63. The Morgan fingerprint density at radius 2 is 1.97 bits per heavy atom. The maximum absolute atomic E-state index is 12.4. The summed E-state index contributed by atoms with van der Waals surface area (Å²) in [6.07, 6.45) is -0.661. The fourth-order valence-electron chi connectivity index (χ4n) is 3.62. The molecule has 0 N–H and O–H groups in total. The lowest BCUT2D eigenvalue weighted by Gasteiger charge is -2.26. The highest BCUT2D eigenvalue weighted by Gasteiger charge is 2.35. The van der Waals surface area contributed by atoms with Crippen LogP contribution in [0.15, 0.2) is 48.5 Å². The van der Waals surface area contributed by atoms with Crippen molar-refractivity contribution in [1.29, 1.82) is 0 Å². The topological polar surface area (TPSA) is 74.3 Å². The minimum Gasteiger partial charge on any atom is -0.485 e. The van der Waals surface area contributed by atoms with E-state index in [9.17, 15) is 9.59 Å². The largest absolute Gasteiger partial charge is 0.485 e. The molecule has 1 fully saturated rings.